The van der Waals surface area contributed by atoms with Gasteiger partial charge in [0, 0.05) is 17.8 Å². The third-order valence-electron chi connectivity index (χ3n) is 5.85. The standard InChI is InChI=1S/C21H23N3O3/c1-13-16(12-22-19(23-13)14-7-3-2-4-8-14)20(25)24-17-10-6-5-9-15(17)11-18(24)21(26)27/h2-4,7-8,12,15,17-18H,5-6,9-11H2,1H3,(H,26,27). The van der Waals surface area contributed by atoms with Gasteiger partial charge in [0.15, 0.2) is 5.82 Å². The van der Waals surface area contributed by atoms with Crippen LogP contribution < -0.4 is 0 Å². The van der Waals surface area contributed by atoms with Crippen LogP contribution in [0.1, 0.15) is 48.2 Å². The minimum Gasteiger partial charge on any atom is -0.480 e. The Labute approximate surface area is 158 Å². The SMILES string of the molecule is Cc1nc(-c2ccccc2)ncc1C(=O)N1C(C(=O)O)CC2CCCCC21. The van der Waals surface area contributed by atoms with Crippen LogP contribution in [-0.4, -0.2) is 43.9 Å². The first-order valence-electron chi connectivity index (χ1n) is 9.51. The lowest BCUT2D eigenvalue weighted by atomic mass is 9.84. The molecular formula is C21H23N3O3. The molecule has 1 aromatic carbocycles. The highest BCUT2D eigenvalue weighted by molar-refractivity contribution is 5.98. The molecule has 1 aliphatic heterocycles. The summed E-state index contributed by atoms with van der Waals surface area (Å²) >= 11 is 0. The van der Waals surface area contributed by atoms with E-state index in [-0.39, 0.29) is 17.9 Å². The van der Waals surface area contributed by atoms with Crippen LogP contribution in [0.4, 0.5) is 0 Å². The van der Waals surface area contributed by atoms with Crippen molar-refractivity contribution < 1.29 is 14.7 Å². The molecule has 6 heteroatoms. The fourth-order valence-corrected chi connectivity index (χ4v) is 4.52. The van der Waals surface area contributed by atoms with Gasteiger partial charge in [-0.2, -0.15) is 0 Å². The van der Waals surface area contributed by atoms with Crippen LogP contribution in [0, 0.1) is 12.8 Å². The predicted octanol–water partition coefficient (Wildman–Crippen LogP) is 3.31. The maximum atomic E-state index is 13.3. The summed E-state index contributed by atoms with van der Waals surface area (Å²) < 4.78 is 0. The Hall–Kier alpha value is -2.76. The summed E-state index contributed by atoms with van der Waals surface area (Å²) in [4.78, 5) is 35.5. The molecule has 2 heterocycles. The van der Waals surface area contributed by atoms with E-state index in [1.54, 1.807) is 18.0 Å². The van der Waals surface area contributed by atoms with Crippen molar-refractivity contribution in [1.82, 2.24) is 14.9 Å². The molecule has 1 aliphatic carbocycles. The van der Waals surface area contributed by atoms with Crippen molar-refractivity contribution in [1.29, 1.82) is 0 Å². The summed E-state index contributed by atoms with van der Waals surface area (Å²) in [5.74, 6) is -0.323. The summed E-state index contributed by atoms with van der Waals surface area (Å²) in [7, 11) is 0. The Morgan fingerprint density at radius 3 is 2.59 bits per heavy atom. The number of aliphatic carboxylic acids is 1. The normalized spacial score (nSPS) is 24.5. The largest absolute Gasteiger partial charge is 0.480 e. The van der Waals surface area contributed by atoms with Gasteiger partial charge in [0.25, 0.3) is 5.91 Å². The lowest BCUT2D eigenvalue weighted by Gasteiger charge is -2.33. The predicted molar refractivity (Wildman–Crippen MR) is 100 cm³/mol. The number of aromatic nitrogens is 2. The van der Waals surface area contributed by atoms with Crippen molar-refractivity contribution in [2.75, 3.05) is 0 Å². The number of fused-ring (bicyclic) bond motifs is 1. The first-order valence-corrected chi connectivity index (χ1v) is 9.51. The Morgan fingerprint density at radius 1 is 1.15 bits per heavy atom. The molecule has 0 radical (unpaired) electrons. The Bertz CT molecular complexity index is 868. The zero-order valence-electron chi connectivity index (χ0n) is 15.3. The maximum Gasteiger partial charge on any atom is 0.326 e. The number of rotatable bonds is 3. The zero-order chi connectivity index (χ0) is 19.0. The summed E-state index contributed by atoms with van der Waals surface area (Å²) in [5.41, 5.74) is 1.86. The molecule has 140 valence electrons. The average Bonchev–Trinajstić information content (AvgIpc) is 3.08. The number of hydrogen-bond acceptors (Lipinski definition) is 4. The third-order valence-corrected chi connectivity index (χ3v) is 5.85. The molecule has 2 aromatic rings. The lowest BCUT2D eigenvalue weighted by Crippen LogP contribution is -2.46. The highest BCUT2D eigenvalue weighted by Gasteiger charge is 2.48. The molecule has 3 unspecified atom stereocenters. The van der Waals surface area contributed by atoms with E-state index in [1.165, 1.54) is 0 Å². The van der Waals surface area contributed by atoms with E-state index in [0.29, 0.717) is 23.5 Å². The van der Waals surface area contributed by atoms with Crippen molar-refractivity contribution in [3.8, 4) is 11.4 Å². The van der Waals surface area contributed by atoms with Gasteiger partial charge in [0.05, 0.1) is 11.3 Å². The van der Waals surface area contributed by atoms with Crippen molar-refractivity contribution in [3.63, 3.8) is 0 Å². The molecule has 0 spiro atoms. The van der Waals surface area contributed by atoms with Gasteiger partial charge in [0.2, 0.25) is 0 Å². The molecule has 0 bridgehead atoms. The van der Waals surface area contributed by atoms with Crippen LogP contribution in [0.3, 0.4) is 0 Å². The number of likely N-dealkylation sites (tertiary alicyclic amines) is 1. The summed E-state index contributed by atoms with van der Waals surface area (Å²) in [6, 6.07) is 8.86. The first kappa shape index (κ1) is 17.6. The van der Waals surface area contributed by atoms with Gasteiger partial charge < -0.3 is 10.0 Å². The number of carboxylic acids is 1. The summed E-state index contributed by atoms with van der Waals surface area (Å²) in [5, 5.41) is 9.66. The molecule has 4 rings (SSSR count). The summed E-state index contributed by atoms with van der Waals surface area (Å²) in [6.45, 7) is 1.78. The number of amides is 1. The van der Waals surface area contributed by atoms with Gasteiger partial charge in [-0.3, -0.25) is 4.79 Å². The van der Waals surface area contributed by atoms with Crippen LogP contribution in [0.5, 0.6) is 0 Å². The number of carbonyl (C=O) groups excluding carboxylic acids is 1. The molecule has 1 saturated heterocycles. The molecule has 2 fully saturated rings. The zero-order valence-corrected chi connectivity index (χ0v) is 15.3. The number of hydrogen-bond donors (Lipinski definition) is 1. The third kappa shape index (κ3) is 3.20. The molecule has 1 amide bonds. The smallest absolute Gasteiger partial charge is 0.326 e. The molecule has 1 aromatic heterocycles. The van der Waals surface area contributed by atoms with Gasteiger partial charge in [-0.1, -0.05) is 43.2 Å². The van der Waals surface area contributed by atoms with E-state index in [4.69, 9.17) is 0 Å². The number of nitrogens with zero attached hydrogens (tertiary/aromatic N) is 3. The van der Waals surface area contributed by atoms with Crippen molar-refractivity contribution in [2.45, 2.75) is 51.1 Å². The number of benzene rings is 1. The van der Waals surface area contributed by atoms with E-state index >= 15 is 0 Å². The van der Waals surface area contributed by atoms with E-state index in [1.807, 2.05) is 30.3 Å². The minimum absolute atomic E-state index is 0.0144. The highest BCUT2D eigenvalue weighted by atomic mass is 16.4. The second-order valence-electron chi connectivity index (χ2n) is 7.47. The summed E-state index contributed by atoms with van der Waals surface area (Å²) in [6.07, 6.45) is 6.13. The fraction of sp³-hybridized carbons (Fsp3) is 0.429. The second kappa shape index (κ2) is 7.10. The molecule has 3 atom stereocenters. The van der Waals surface area contributed by atoms with E-state index < -0.39 is 12.0 Å². The van der Waals surface area contributed by atoms with Gasteiger partial charge in [-0.15, -0.1) is 0 Å². The van der Waals surface area contributed by atoms with E-state index in [0.717, 1.165) is 31.2 Å². The fourth-order valence-electron chi connectivity index (χ4n) is 4.52. The molecule has 2 aliphatic rings. The number of carboxylic acid groups (broad SMARTS) is 1. The average molecular weight is 365 g/mol. The van der Waals surface area contributed by atoms with Crippen LogP contribution in [-0.2, 0) is 4.79 Å². The van der Waals surface area contributed by atoms with Crippen molar-refractivity contribution in [2.24, 2.45) is 5.92 Å². The van der Waals surface area contributed by atoms with Crippen LogP contribution in [0.25, 0.3) is 11.4 Å². The van der Waals surface area contributed by atoms with Gasteiger partial charge in [0.1, 0.15) is 6.04 Å². The van der Waals surface area contributed by atoms with Crippen molar-refractivity contribution in [3.05, 3.63) is 47.8 Å². The number of aryl methyl sites for hydroxylation is 1. The molecule has 6 nitrogen and oxygen atoms in total. The Kier molecular flexibility index (Phi) is 4.64. The molecule has 1 saturated carbocycles. The second-order valence-corrected chi connectivity index (χ2v) is 7.47. The Balaban J connectivity index is 1.66. The van der Waals surface area contributed by atoms with Gasteiger partial charge in [-0.25, -0.2) is 14.8 Å². The van der Waals surface area contributed by atoms with E-state index in [2.05, 4.69) is 9.97 Å². The first-order chi connectivity index (χ1) is 13.1. The maximum absolute atomic E-state index is 13.3. The number of carbonyl (C=O) groups is 2. The quantitative estimate of drug-likeness (QED) is 0.902. The minimum atomic E-state index is -0.919. The lowest BCUT2D eigenvalue weighted by molar-refractivity contribution is -0.141. The van der Waals surface area contributed by atoms with Crippen molar-refractivity contribution >= 4 is 11.9 Å². The van der Waals surface area contributed by atoms with Crippen LogP contribution >= 0.6 is 0 Å². The Morgan fingerprint density at radius 2 is 1.89 bits per heavy atom. The van der Waals surface area contributed by atoms with Crippen LogP contribution in [0.2, 0.25) is 0 Å². The van der Waals surface area contributed by atoms with Crippen LogP contribution in [0.15, 0.2) is 36.5 Å². The van der Waals surface area contributed by atoms with E-state index in [9.17, 15) is 14.7 Å². The molecule has 27 heavy (non-hydrogen) atoms. The highest BCUT2D eigenvalue weighted by Crippen LogP contribution is 2.40. The molecule has 1 N–H and O–H groups in total. The topological polar surface area (TPSA) is 83.4 Å². The molecular weight excluding hydrogens is 342 g/mol. The van der Waals surface area contributed by atoms with Gasteiger partial charge in [-0.05, 0) is 32.1 Å². The monoisotopic (exact) mass is 365 g/mol. The van der Waals surface area contributed by atoms with Gasteiger partial charge >= 0.3 is 5.97 Å².